The fourth-order valence-corrected chi connectivity index (χ4v) is 2.45. The molecule has 0 bridgehead atoms. The summed E-state index contributed by atoms with van der Waals surface area (Å²) in [5.41, 5.74) is 1.57. The average Bonchev–Trinajstić information content (AvgIpc) is 2.60. The number of rotatable bonds is 7. The molecule has 6 heteroatoms. The molecule has 0 heterocycles. The number of ether oxygens (including phenoxy) is 1. The standard InChI is InChI=1S/C18H20BrNO4/c19-16-8-6-15(7-9-16)17(22)12-20(10-11-21)18(23)24-13-14-4-2-1-3-5-14/h1-9,17,21-22H,10-13H2. The molecule has 0 saturated heterocycles. The molecule has 0 radical (unpaired) electrons. The Bertz CT molecular complexity index is 633. The van der Waals surface area contributed by atoms with Crippen molar-refractivity contribution >= 4 is 22.0 Å². The Balaban J connectivity index is 1.94. The fraction of sp³-hybridized carbons (Fsp3) is 0.278. The molecule has 2 aromatic carbocycles. The van der Waals surface area contributed by atoms with E-state index >= 15 is 0 Å². The summed E-state index contributed by atoms with van der Waals surface area (Å²) in [5.74, 6) is 0. The smallest absolute Gasteiger partial charge is 0.410 e. The van der Waals surface area contributed by atoms with Crippen molar-refractivity contribution in [2.45, 2.75) is 12.7 Å². The van der Waals surface area contributed by atoms with Crippen molar-refractivity contribution in [2.24, 2.45) is 0 Å². The van der Waals surface area contributed by atoms with Crippen molar-refractivity contribution < 1.29 is 19.7 Å². The minimum absolute atomic E-state index is 0.0514. The Kier molecular flexibility index (Phi) is 7.24. The van der Waals surface area contributed by atoms with Gasteiger partial charge in [-0.15, -0.1) is 0 Å². The van der Waals surface area contributed by atoms with Gasteiger partial charge in [-0.1, -0.05) is 58.4 Å². The Morgan fingerprint density at radius 1 is 1.12 bits per heavy atom. The summed E-state index contributed by atoms with van der Waals surface area (Å²) < 4.78 is 6.17. The van der Waals surface area contributed by atoms with Crippen molar-refractivity contribution in [3.05, 3.63) is 70.2 Å². The van der Waals surface area contributed by atoms with Crippen LogP contribution in [0, 0.1) is 0 Å². The van der Waals surface area contributed by atoms with Crippen molar-refractivity contribution in [2.75, 3.05) is 19.7 Å². The van der Waals surface area contributed by atoms with E-state index in [0.29, 0.717) is 5.56 Å². The van der Waals surface area contributed by atoms with E-state index in [1.165, 1.54) is 4.90 Å². The third kappa shape index (κ3) is 5.63. The Hall–Kier alpha value is -1.89. The number of carbonyl (C=O) groups excluding carboxylic acids is 1. The highest BCUT2D eigenvalue weighted by Gasteiger charge is 2.19. The number of hydrogen-bond donors (Lipinski definition) is 2. The highest BCUT2D eigenvalue weighted by Crippen LogP contribution is 2.18. The van der Waals surface area contributed by atoms with Gasteiger partial charge in [0.15, 0.2) is 0 Å². The summed E-state index contributed by atoms with van der Waals surface area (Å²) in [4.78, 5) is 13.5. The van der Waals surface area contributed by atoms with Crippen LogP contribution >= 0.6 is 15.9 Å². The summed E-state index contributed by atoms with van der Waals surface area (Å²) >= 11 is 3.34. The number of halogens is 1. The van der Waals surface area contributed by atoms with Crippen LogP contribution in [-0.2, 0) is 11.3 Å². The molecule has 0 spiro atoms. The largest absolute Gasteiger partial charge is 0.445 e. The number of carbonyl (C=O) groups is 1. The van der Waals surface area contributed by atoms with Gasteiger partial charge in [0.25, 0.3) is 0 Å². The van der Waals surface area contributed by atoms with Gasteiger partial charge in [-0.2, -0.15) is 0 Å². The Morgan fingerprint density at radius 2 is 1.79 bits per heavy atom. The number of nitrogens with zero attached hydrogens (tertiary/aromatic N) is 1. The van der Waals surface area contributed by atoms with Crippen LogP contribution < -0.4 is 0 Å². The lowest BCUT2D eigenvalue weighted by Crippen LogP contribution is -2.37. The first-order valence-electron chi connectivity index (χ1n) is 7.60. The predicted octanol–water partition coefficient (Wildman–Crippen LogP) is 3.11. The van der Waals surface area contributed by atoms with Gasteiger partial charge in [0.2, 0.25) is 0 Å². The van der Waals surface area contributed by atoms with E-state index in [4.69, 9.17) is 9.84 Å². The molecular formula is C18H20BrNO4. The molecule has 0 aliphatic rings. The van der Waals surface area contributed by atoms with Crippen LogP contribution in [0.15, 0.2) is 59.1 Å². The van der Waals surface area contributed by atoms with Crippen LogP contribution in [0.5, 0.6) is 0 Å². The molecule has 24 heavy (non-hydrogen) atoms. The Morgan fingerprint density at radius 3 is 2.42 bits per heavy atom. The van der Waals surface area contributed by atoms with E-state index < -0.39 is 12.2 Å². The molecule has 2 aromatic rings. The van der Waals surface area contributed by atoms with Gasteiger partial charge < -0.3 is 19.8 Å². The Labute approximate surface area is 149 Å². The molecule has 1 atom stereocenters. The summed E-state index contributed by atoms with van der Waals surface area (Å²) in [7, 11) is 0. The zero-order valence-electron chi connectivity index (χ0n) is 13.1. The molecule has 128 valence electrons. The lowest BCUT2D eigenvalue weighted by Gasteiger charge is -2.24. The monoisotopic (exact) mass is 393 g/mol. The molecule has 1 amide bonds. The topological polar surface area (TPSA) is 70.0 Å². The van der Waals surface area contributed by atoms with E-state index in [1.54, 1.807) is 12.1 Å². The second kappa shape index (κ2) is 9.42. The molecule has 0 saturated carbocycles. The SMILES string of the molecule is O=C(OCc1ccccc1)N(CCO)CC(O)c1ccc(Br)cc1. The van der Waals surface area contributed by atoms with Gasteiger partial charge in [-0.3, -0.25) is 0 Å². The second-order valence-corrected chi connectivity index (χ2v) is 6.19. The van der Waals surface area contributed by atoms with Crippen LogP contribution in [0.2, 0.25) is 0 Å². The second-order valence-electron chi connectivity index (χ2n) is 5.28. The van der Waals surface area contributed by atoms with Crippen molar-refractivity contribution in [3.8, 4) is 0 Å². The maximum atomic E-state index is 12.2. The van der Waals surface area contributed by atoms with Crippen LogP contribution in [0.25, 0.3) is 0 Å². The van der Waals surface area contributed by atoms with Crippen molar-refractivity contribution in [1.82, 2.24) is 4.90 Å². The molecule has 1 unspecified atom stereocenters. The number of hydrogen-bond acceptors (Lipinski definition) is 4. The number of aliphatic hydroxyl groups excluding tert-OH is 2. The van der Waals surface area contributed by atoms with E-state index in [9.17, 15) is 9.90 Å². The fourth-order valence-electron chi connectivity index (χ4n) is 2.19. The minimum Gasteiger partial charge on any atom is -0.445 e. The number of benzene rings is 2. The first-order valence-corrected chi connectivity index (χ1v) is 8.39. The van der Waals surface area contributed by atoms with Gasteiger partial charge >= 0.3 is 6.09 Å². The normalized spacial score (nSPS) is 11.8. The molecule has 0 aliphatic carbocycles. The summed E-state index contributed by atoms with van der Waals surface area (Å²) in [6.07, 6.45) is -1.42. The number of amides is 1. The predicted molar refractivity (Wildman–Crippen MR) is 94.4 cm³/mol. The average molecular weight is 394 g/mol. The lowest BCUT2D eigenvalue weighted by atomic mass is 10.1. The maximum absolute atomic E-state index is 12.2. The molecule has 0 fully saturated rings. The maximum Gasteiger partial charge on any atom is 0.410 e. The third-order valence-corrected chi connectivity index (χ3v) is 4.01. The first kappa shape index (κ1) is 18.4. The highest BCUT2D eigenvalue weighted by molar-refractivity contribution is 9.10. The van der Waals surface area contributed by atoms with E-state index in [2.05, 4.69) is 15.9 Å². The van der Waals surface area contributed by atoms with Crippen LogP contribution in [0.4, 0.5) is 4.79 Å². The van der Waals surface area contributed by atoms with Gasteiger partial charge in [-0.25, -0.2) is 4.79 Å². The molecule has 0 aromatic heterocycles. The molecular weight excluding hydrogens is 374 g/mol. The van der Waals surface area contributed by atoms with Gasteiger partial charge in [0.1, 0.15) is 6.61 Å². The zero-order chi connectivity index (χ0) is 17.4. The first-order chi connectivity index (χ1) is 11.6. The summed E-state index contributed by atoms with van der Waals surface area (Å²) in [5, 5.41) is 19.4. The van der Waals surface area contributed by atoms with Crippen LogP contribution in [-0.4, -0.2) is 40.9 Å². The lowest BCUT2D eigenvalue weighted by molar-refractivity contribution is 0.0614. The van der Waals surface area contributed by atoms with Crippen molar-refractivity contribution in [1.29, 1.82) is 0 Å². The van der Waals surface area contributed by atoms with Gasteiger partial charge in [-0.05, 0) is 23.3 Å². The van der Waals surface area contributed by atoms with E-state index in [-0.39, 0.29) is 26.3 Å². The van der Waals surface area contributed by atoms with E-state index in [0.717, 1.165) is 10.0 Å². The zero-order valence-corrected chi connectivity index (χ0v) is 14.7. The van der Waals surface area contributed by atoms with Crippen LogP contribution in [0.3, 0.4) is 0 Å². The molecule has 2 N–H and O–H groups in total. The highest BCUT2D eigenvalue weighted by atomic mass is 79.9. The molecule has 0 aliphatic heterocycles. The summed E-state index contributed by atoms with van der Waals surface area (Å²) in [6.45, 7) is 0.0977. The number of aliphatic hydroxyl groups is 2. The van der Waals surface area contributed by atoms with E-state index in [1.807, 2.05) is 42.5 Å². The summed E-state index contributed by atoms with van der Waals surface area (Å²) in [6, 6.07) is 16.5. The van der Waals surface area contributed by atoms with Crippen molar-refractivity contribution in [3.63, 3.8) is 0 Å². The van der Waals surface area contributed by atoms with Gasteiger partial charge in [0, 0.05) is 11.0 Å². The molecule has 2 rings (SSSR count). The minimum atomic E-state index is -0.853. The quantitative estimate of drug-likeness (QED) is 0.757. The van der Waals surface area contributed by atoms with Gasteiger partial charge in [0.05, 0.1) is 19.3 Å². The third-order valence-electron chi connectivity index (χ3n) is 3.48. The molecule has 5 nitrogen and oxygen atoms in total. The van der Waals surface area contributed by atoms with Crippen LogP contribution in [0.1, 0.15) is 17.2 Å².